The van der Waals surface area contributed by atoms with Gasteiger partial charge in [0.1, 0.15) is 12.2 Å². The molecule has 0 N–H and O–H groups in total. The first-order valence-corrected chi connectivity index (χ1v) is 6.96. The van der Waals surface area contributed by atoms with Crippen molar-refractivity contribution < 1.29 is 23.9 Å². The minimum Gasteiger partial charge on any atom is -0.493 e. The van der Waals surface area contributed by atoms with Crippen molar-refractivity contribution in [1.29, 1.82) is 0 Å². The number of terminal acetylenes is 1. The molecule has 4 amide bonds. The van der Waals surface area contributed by atoms with Crippen LogP contribution < -0.4 is 9.47 Å². The summed E-state index contributed by atoms with van der Waals surface area (Å²) >= 11 is 0. The van der Waals surface area contributed by atoms with E-state index in [1.54, 1.807) is 18.2 Å². The monoisotopic (exact) mass is 328 g/mol. The van der Waals surface area contributed by atoms with Crippen LogP contribution in [0.2, 0.25) is 0 Å². The third kappa shape index (κ3) is 3.08. The lowest BCUT2D eigenvalue weighted by Crippen LogP contribution is -2.52. The topological polar surface area (TPSA) is 76.2 Å². The molecule has 2 rings (SSSR count). The van der Waals surface area contributed by atoms with E-state index in [1.165, 1.54) is 27.3 Å². The highest BCUT2D eigenvalue weighted by molar-refractivity contribution is 6.30. The number of rotatable bonds is 4. The van der Waals surface area contributed by atoms with Crippen LogP contribution in [0.1, 0.15) is 5.56 Å². The lowest BCUT2D eigenvalue weighted by molar-refractivity contribution is -0.134. The quantitative estimate of drug-likeness (QED) is 0.471. The van der Waals surface area contributed by atoms with E-state index in [1.807, 2.05) is 0 Å². The molecule has 0 aromatic heterocycles. The Morgan fingerprint density at radius 3 is 2.29 bits per heavy atom. The van der Waals surface area contributed by atoms with Crippen LogP contribution in [0.4, 0.5) is 4.79 Å². The molecule has 7 heteroatoms. The van der Waals surface area contributed by atoms with E-state index >= 15 is 0 Å². The molecule has 0 unspecified atom stereocenters. The first-order valence-electron chi connectivity index (χ1n) is 6.96. The number of nitrogens with zero attached hydrogens (tertiary/aromatic N) is 2. The van der Waals surface area contributed by atoms with E-state index in [-0.39, 0.29) is 12.2 Å². The molecule has 0 aliphatic carbocycles. The molecular formula is C17H16N2O5. The van der Waals surface area contributed by atoms with Crippen molar-refractivity contribution in [1.82, 2.24) is 9.80 Å². The Morgan fingerprint density at radius 2 is 1.75 bits per heavy atom. The van der Waals surface area contributed by atoms with Gasteiger partial charge >= 0.3 is 6.03 Å². The molecule has 7 nitrogen and oxygen atoms in total. The summed E-state index contributed by atoms with van der Waals surface area (Å²) in [6.45, 7) is 0.0888. The standard InChI is InChI=1S/C17H16N2O5/c1-5-8-24-13-7-6-11(10-14(13)23-4)9-12-15(20)18(2)17(22)19(3)16(12)21/h1,6-7,9-10H,8H2,2-4H3. The zero-order valence-electron chi connectivity index (χ0n) is 13.5. The van der Waals surface area contributed by atoms with Crippen molar-refractivity contribution in [2.24, 2.45) is 0 Å². The first-order chi connectivity index (χ1) is 11.4. The van der Waals surface area contributed by atoms with Gasteiger partial charge in [0.25, 0.3) is 11.8 Å². The maximum Gasteiger partial charge on any atom is 0.333 e. The number of hydrogen-bond donors (Lipinski definition) is 0. The van der Waals surface area contributed by atoms with Gasteiger partial charge in [0, 0.05) is 14.1 Å². The Balaban J connectivity index is 2.39. The molecule has 1 aromatic carbocycles. The number of methoxy groups -OCH3 is 1. The lowest BCUT2D eigenvalue weighted by Gasteiger charge is -2.28. The number of urea groups is 1. The second-order valence-electron chi connectivity index (χ2n) is 4.97. The summed E-state index contributed by atoms with van der Waals surface area (Å²) in [4.78, 5) is 37.8. The third-order valence-electron chi connectivity index (χ3n) is 3.45. The van der Waals surface area contributed by atoms with Gasteiger partial charge < -0.3 is 9.47 Å². The average Bonchev–Trinajstić information content (AvgIpc) is 2.60. The minimum absolute atomic E-state index is 0.0888. The number of carbonyl (C=O) groups is 3. The zero-order chi connectivity index (χ0) is 17.9. The highest BCUT2D eigenvalue weighted by Gasteiger charge is 2.37. The van der Waals surface area contributed by atoms with E-state index in [4.69, 9.17) is 15.9 Å². The van der Waals surface area contributed by atoms with Gasteiger partial charge in [0.05, 0.1) is 7.11 Å². The molecule has 1 aromatic rings. The van der Waals surface area contributed by atoms with E-state index in [0.717, 1.165) is 9.80 Å². The fourth-order valence-electron chi connectivity index (χ4n) is 2.15. The van der Waals surface area contributed by atoms with Gasteiger partial charge in [-0.2, -0.15) is 0 Å². The van der Waals surface area contributed by atoms with Gasteiger partial charge in [-0.15, -0.1) is 6.42 Å². The highest BCUT2D eigenvalue weighted by atomic mass is 16.5. The second kappa shape index (κ2) is 6.87. The van der Waals surface area contributed by atoms with E-state index in [2.05, 4.69) is 5.92 Å². The molecule has 1 saturated heterocycles. The maximum atomic E-state index is 12.2. The van der Waals surface area contributed by atoms with Crippen LogP contribution in [0, 0.1) is 12.3 Å². The number of benzene rings is 1. The summed E-state index contributed by atoms with van der Waals surface area (Å²) in [5, 5.41) is 0. The predicted molar refractivity (Wildman–Crippen MR) is 86.2 cm³/mol. The zero-order valence-corrected chi connectivity index (χ0v) is 13.5. The van der Waals surface area contributed by atoms with Gasteiger partial charge in [-0.1, -0.05) is 12.0 Å². The number of ether oxygens (including phenoxy) is 2. The van der Waals surface area contributed by atoms with Gasteiger partial charge in [0.2, 0.25) is 0 Å². The summed E-state index contributed by atoms with van der Waals surface area (Å²) in [7, 11) is 4.10. The summed E-state index contributed by atoms with van der Waals surface area (Å²) in [5.41, 5.74) is 0.437. The predicted octanol–water partition coefficient (Wildman–Crippen LogP) is 1.14. The molecule has 0 radical (unpaired) electrons. The molecular weight excluding hydrogens is 312 g/mol. The maximum absolute atomic E-state index is 12.2. The Hall–Kier alpha value is -3.27. The number of hydrogen-bond acceptors (Lipinski definition) is 5. The smallest absolute Gasteiger partial charge is 0.333 e. The summed E-state index contributed by atoms with van der Waals surface area (Å²) in [5.74, 6) is 1.89. The van der Waals surface area contributed by atoms with Gasteiger partial charge in [0.15, 0.2) is 11.5 Å². The van der Waals surface area contributed by atoms with Crippen LogP contribution in [-0.4, -0.2) is 55.5 Å². The van der Waals surface area contributed by atoms with Crippen LogP contribution in [0.15, 0.2) is 23.8 Å². The second-order valence-corrected chi connectivity index (χ2v) is 4.97. The molecule has 0 atom stereocenters. The lowest BCUT2D eigenvalue weighted by atomic mass is 10.1. The normalized spacial score (nSPS) is 14.6. The van der Waals surface area contributed by atoms with Crippen molar-refractivity contribution in [3.8, 4) is 23.8 Å². The Labute approximate surface area is 139 Å². The molecule has 1 fully saturated rings. The molecule has 1 heterocycles. The summed E-state index contributed by atoms with van der Waals surface area (Å²) in [6.07, 6.45) is 6.55. The molecule has 0 saturated carbocycles. The Bertz CT molecular complexity index is 750. The largest absolute Gasteiger partial charge is 0.493 e. The Morgan fingerprint density at radius 1 is 1.12 bits per heavy atom. The van der Waals surface area contributed by atoms with E-state index < -0.39 is 17.8 Å². The number of amides is 4. The van der Waals surface area contributed by atoms with Crippen LogP contribution in [0.25, 0.3) is 6.08 Å². The van der Waals surface area contributed by atoms with Crippen LogP contribution >= 0.6 is 0 Å². The SMILES string of the molecule is C#CCOc1ccc(C=C2C(=O)N(C)C(=O)N(C)C2=O)cc1OC. The van der Waals surface area contributed by atoms with Crippen molar-refractivity contribution in [3.63, 3.8) is 0 Å². The molecule has 0 spiro atoms. The fourth-order valence-corrected chi connectivity index (χ4v) is 2.15. The van der Waals surface area contributed by atoms with Crippen LogP contribution in [-0.2, 0) is 9.59 Å². The molecule has 0 bridgehead atoms. The van der Waals surface area contributed by atoms with E-state index in [9.17, 15) is 14.4 Å². The molecule has 124 valence electrons. The van der Waals surface area contributed by atoms with Crippen molar-refractivity contribution in [3.05, 3.63) is 29.3 Å². The summed E-state index contributed by atoms with van der Waals surface area (Å²) in [6, 6.07) is 4.21. The number of carbonyl (C=O) groups excluding carboxylic acids is 3. The molecule has 1 aliphatic rings. The summed E-state index contributed by atoms with van der Waals surface area (Å²) < 4.78 is 10.6. The van der Waals surface area contributed by atoms with E-state index in [0.29, 0.717) is 17.1 Å². The van der Waals surface area contributed by atoms with Gasteiger partial charge in [-0.05, 0) is 23.8 Å². The molecule has 1 aliphatic heterocycles. The number of imide groups is 2. The van der Waals surface area contributed by atoms with Gasteiger partial charge in [-0.25, -0.2) is 4.79 Å². The van der Waals surface area contributed by atoms with Crippen LogP contribution in [0.3, 0.4) is 0 Å². The first kappa shape index (κ1) is 17.1. The van der Waals surface area contributed by atoms with Crippen LogP contribution in [0.5, 0.6) is 11.5 Å². The Kier molecular flexibility index (Phi) is 4.90. The number of barbiturate groups is 1. The van der Waals surface area contributed by atoms with Crippen molar-refractivity contribution in [2.45, 2.75) is 0 Å². The fraction of sp³-hybridized carbons (Fsp3) is 0.235. The third-order valence-corrected chi connectivity index (χ3v) is 3.45. The van der Waals surface area contributed by atoms with Gasteiger partial charge in [-0.3, -0.25) is 19.4 Å². The number of likely N-dealkylation sites (N-methyl/N-ethyl adjacent to an activating group) is 2. The highest BCUT2D eigenvalue weighted by Crippen LogP contribution is 2.29. The average molecular weight is 328 g/mol. The van der Waals surface area contributed by atoms with Crippen molar-refractivity contribution in [2.75, 3.05) is 27.8 Å². The molecule has 24 heavy (non-hydrogen) atoms. The minimum atomic E-state index is -0.669. The van der Waals surface area contributed by atoms with Crippen molar-refractivity contribution >= 4 is 23.9 Å².